The molecule has 20 heteroatoms. The van der Waals surface area contributed by atoms with E-state index in [2.05, 4.69) is 15.5 Å². The Balaban J connectivity index is 0.00000456. The van der Waals surface area contributed by atoms with Gasteiger partial charge in [-0.2, -0.15) is 0 Å². The van der Waals surface area contributed by atoms with Crippen LogP contribution in [0.25, 0.3) is 0 Å². The van der Waals surface area contributed by atoms with E-state index in [1.54, 1.807) is 0 Å². The van der Waals surface area contributed by atoms with Gasteiger partial charge in [0, 0.05) is 17.7 Å². The van der Waals surface area contributed by atoms with E-state index in [0.29, 0.717) is 0 Å². The molecule has 15 nitrogen and oxygen atoms in total. The summed E-state index contributed by atoms with van der Waals surface area (Å²) in [4.78, 5) is 41.7. The van der Waals surface area contributed by atoms with Gasteiger partial charge in [-0.3, -0.25) is 14.5 Å². The molecule has 1 aromatic heterocycles. The van der Waals surface area contributed by atoms with E-state index in [0.717, 1.165) is 34.3 Å². The monoisotopic (exact) mass is 590 g/mol. The fourth-order valence-corrected chi connectivity index (χ4v) is 7.27. The van der Waals surface area contributed by atoms with Crippen molar-refractivity contribution in [3.05, 3.63) is 22.3 Å². The molecule has 1 fully saturated rings. The standard InChI is InChI=1S/C16H20N6O9S4.Na/c1-34(28,29)18-2-3-35(30,31)6-7-4-32-14-10(13(24)22(14)11(7)15(25)26)20-12(23)9(21-27)8-5-33-16(17)19-8;/h5,10,14,18,27H,2-4,6H2,1H3,(H2,17,19)(H,20,23)(H,25,26);/q;+1/p-1/b21-9-;/t10?,14-;/m1./s1. The molecule has 0 bridgehead atoms. The number of anilines is 1. The van der Waals surface area contributed by atoms with Crippen molar-refractivity contribution in [1.82, 2.24) is 19.9 Å². The molecular weight excluding hydrogens is 571 g/mol. The molecule has 1 unspecified atom stereocenters. The summed E-state index contributed by atoms with van der Waals surface area (Å²) in [6.07, 6.45) is 0.862. The molecule has 0 spiro atoms. The Kier molecular flexibility index (Phi) is 9.96. The number of hydrogen-bond acceptors (Lipinski definition) is 14. The number of nitrogens with zero attached hydrogens (tertiary/aromatic N) is 3. The van der Waals surface area contributed by atoms with Crippen molar-refractivity contribution in [1.29, 1.82) is 0 Å². The second kappa shape index (κ2) is 11.8. The number of hydrogen-bond donors (Lipinski definition) is 4. The van der Waals surface area contributed by atoms with Crippen LogP contribution >= 0.6 is 23.1 Å². The molecule has 0 radical (unpaired) electrons. The van der Waals surface area contributed by atoms with E-state index in [9.17, 15) is 41.5 Å². The van der Waals surface area contributed by atoms with Crippen LogP contribution in [0, 0.1) is 0 Å². The molecule has 1 aromatic rings. The van der Waals surface area contributed by atoms with Gasteiger partial charge < -0.3 is 26.2 Å². The average molecular weight is 591 g/mol. The summed E-state index contributed by atoms with van der Waals surface area (Å²) in [7, 11) is -7.55. The number of nitrogens with one attached hydrogen (secondary N) is 2. The van der Waals surface area contributed by atoms with Gasteiger partial charge in [0.25, 0.3) is 11.8 Å². The Hall–Kier alpha value is -1.74. The summed E-state index contributed by atoms with van der Waals surface area (Å²) in [6, 6.07) is -1.19. The number of β-lactam (4-membered cyclic amide) rings is 1. The molecule has 0 aliphatic carbocycles. The van der Waals surface area contributed by atoms with Gasteiger partial charge in [0.05, 0.1) is 29.4 Å². The van der Waals surface area contributed by atoms with Crippen molar-refractivity contribution >= 4 is 71.6 Å². The first-order valence-electron chi connectivity index (χ1n) is 9.51. The van der Waals surface area contributed by atoms with E-state index in [-0.39, 0.29) is 51.7 Å². The number of amides is 2. The number of nitrogens with two attached hydrogens (primary N) is 1. The Morgan fingerprint density at radius 2 is 2.03 bits per heavy atom. The van der Waals surface area contributed by atoms with Crippen molar-refractivity contribution in [3.8, 4) is 0 Å². The number of thioether (sulfide) groups is 1. The van der Waals surface area contributed by atoms with Gasteiger partial charge >= 0.3 is 29.6 Å². The molecule has 192 valence electrons. The number of carboxylic acid groups (broad SMARTS) is 1. The fraction of sp³-hybridized carbons (Fsp3) is 0.438. The molecule has 2 amide bonds. The number of sulfone groups is 1. The number of aliphatic carboxylic acids is 1. The quantitative estimate of drug-likeness (QED) is 0.0653. The number of carbonyl (C=O) groups is 3. The maximum atomic E-state index is 12.7. The summed E-state index contributed by atoms with van der Waals surface area (Å²) in [6.45, 7) is -0.402. The summed E-state index contributed by atoms with van der Waals surface area (Å²) in [5.74, 6) is -4.99. The van der Waals surface area contributed by atoms with E-state index in [1.165, 1.54) is 5.38 Å². The number of rotatable bonds is 10. The molecule has 0 saturated carbocycles. The first-order chi connectivity index (χ1) is 16.2. The Morgan fingerprint density at radius 1 is 1.36 bits per heavy atom. The van der Waals surface area contributed by atoms with Gasteiger partial charge in [-0.15, -0.1) is 23.1 Å². The van der Waals surface area contributed by atoms with Gasteiger partial charge in [-0.1, -0.05) is 5.16 Å². The Labute approximate surface area is 235 Å². The molecule has 2 atom stereocenters. The molecule has 5 N–H and O–H groups in total. The first-order valence-corrected chi connectivity index (χ1v) is 15.2. The summed E-state index contributed by atoms with van der Waals surface area (Å²) < 4.78 is 49.0. The minimum atomic E-state index is -3.94. The first kappa shape index (κ1) is 30.5. The molecular formula is C16H19N6NaO9S4. The van der Waals surface area contributed by atoms with Crippen molar-refractivity contribution in [3.63, 3.8) is 0 Å². The zero-order valence-corrected chi connectivity index (χ0v) is 24.1. The van der Waals surface area contributed by atoms with Crippen molar-refractivity contribution in [2.45, 2.75) is 11.4 Å². The minimum Gasteiger partial charge on any atom is -0.543 e. The maximum Gasteiger partial charge on any atom is 1.00 e. The third kappa shape index (κ3) is 6.97. The van der Waals surface area contributed by atoms with E-state index >= 15 is 0 Å². The van der Waals surface area contributed by atoms with Crippen molar-refractivity contribution in [2.24, 2.45) is 5.16 Å². The van der Waals surface area contributed by atoms with Crippen LogP contribution in [0.4, 0.5) is 5.13 Å². The van der Waals surface area contributed by atoms with E-state index in [4.69, 9.17) is 5.73 Å². The predicted molar refractivity (Wildman–Crippen MR) is 123 cm³/mol. The number of carboxylic acids is 1. The van der Waals surface area contributed by atoms with Crippen LogP contribution in [0.1, 0.15) is 5.69 Å². The Morgan fingerprint density at radius 3 is 2.56 bits per heavy atom. The number of fused-ring (bicyclic) bond motifs is 1. The number of aromatic nitrogens is 1. The molecule has 3 rings (SSSR count). The Bertz CT molecular complexity index is 1340. The molecule has 2 aliphatic heterocycles. The second-order valence-electron chi connectivity index (χ2n) is 7.38. The van der Waals surface area contributed by atoms with Gasteiger partial charge in [0.15, 0.2) is 20.7 Å². The van der Waals surface area contributed by atoms with Gasteiger partial charge in [0.2, 0.25) is 10.0 Å². The van der Waals surface area contributed by atoms with Crippen LogP contribution in [0.3, 0.4) is 0 Å². The van der Waals surface area contributed by atoms with Gasteiger partial charge in [0.1, 0.15) is 17.1 Å². The van der Waals surface area contributed by atoms with Crippen LogP contribution in [0.5, 0.6) is 0 Å². The van der Waals surface area contributed by atoms with Crippen LogP contribution < -0.4 is 50.4 Å². The number of oxime groups is 1. The third-order valence-electron chi connectivity index (χ3n) is 4.78. The van der Waals surface area contributed by atoms with Gasteiger partial charge in [-0.25, -0.2) is 26.5 Å². The topological polar surface area (TPSA) is 241 Å². The number of nitrogen functional groups attached to an aromatic ring is 1. The van der Waals surface area contributed by atoms with Gasteiger partial charge in [-0.05, 0) is 5.57 Å². The molecule has 0 aromatic carbocycles. The van der Waals surface area contributed by atoms with Crippen LogP contribution in [0.15, 0.2) is 21.8 Å². The zero-order chi connectivity index (χ0) is 26.1. The zero-order valence-electron chi connectivity index (χ0n) is 18.8. The number of carbonyl (C=O) groups excluding carboxylic acids is 3. The summed E-state index contributed by atoms with van der Waals surface area (Å²) in [5, 5.41) is 26.8. The average Bonchev–Trinajstić information content (AvgIpc) is 3.16. The molecule has 36 heavy (non-hydrogen) atoms. The molecule has 2 aliphatic rings. The third-order valence-corrected chi connectivity index (χ3v) is 9.13. The van der Waals surface area contributed by atoms with E-state index in [1.807, 2.05) is 4.72 Å². The fourth-order valence-electron chi connectivity index (χ4n) is 3.32. The van der Waals surface area contributed by atoms with Crippen molar-refractivity contribution in [2.75, 3.05) is 35.8 Å². The minimum absolute atomic E-state index is 0. The van der Waals surface area contributed by atoms with Crippen LogP contribution in [0.2, 0.25) is 0 Å². The number of sulfonamides is 1. The van der Waals surface area contributed by atoms with E-state index < -0.39 is 78.5 Å². The second-order valence-corrected chi connectivity index (χ2v) is 13.4. The summed E-state index contributed by atoms with van der Waals surface area (Å²) in [5.41, 5.74) is 4.25. The smallest absolute Gasteiger partial charge is 0.543 e. The van der Waals surface area contributed by atoms with Crippen molar-refractivity contribution < 1.29 is 71.1 Å². The van der Waals surface area contributed by atoms with Crippen LogP contribution in [-0.4, -0.2) is 96.9 Å². The summed E-state index contributed by atoms with van der Waals surface area (Å²) >= 11 is 2.00. The molecule has 3 heterocycles. The molecule has 1 saturated heterocycles. The normalized spacial score (nSPS) is 20.3. The maximum absolute atomic E-state index is 12.7. The van der Waals surface area contributed by atoms with Crippen LogP contribution in [-0.2, 0) is 34.2 Å². The number of thiazole rings is 1. The predicted octanol–water partition coefficient (Wildman–Crippen LogP) is -6.72. The SMILES string of the molecule is CS(=O)(=O)NCCS(=O)(=O)CC1=C(C(=O)[O-])N2C(=O)C(NC(=O)/C(=N\O)c3csc(N)n3)[C@H]2SC1.[Na+]. The largest absolute Gasteiger partial charge is 1.00 e.